The summed E-state index contributed by atoms with van der Waals surface area (Å²) in [5.41, 5.74) is -0.165. The van der Waals surface area contributed by atoms with Crippen molar-refractivity contribution in [1.82, 2.24) is 5.16 Å². The summed E-state index contributed by atoms with van der Waals surface area (Å²) in [6.45, 7) is 1.68. The lowest BCUT2D eigenvalue weighted by Crippen LogP contribution is -2.15. The Morgan fingerprint density at radius 2 is 2.17 bits per heavy atom. The third-order valence-corrected chi connectivity index (χ3v) is 3.60. The smallest absolute Gasteiger partial charge is 0.294 e. The van der Waals surface area contributed by atoms with Gasteiger partial charge < -0.3 is 15.2 Å². The van der Waals surface area contributed by atoms with E-state index in [0.717, 1.165) is 12.3 Å². The van der Waals surface area contributed by atoms with E-state index in [1.54, 1.807) is 19.1 Å². The summed E-state index contributed by atoms with van der Waals surface area (Å²) in [5, 5.41) is 17.7. The van der Waals surface area contributed by atoms with Gasteiger partial charge in [-0.3, -0.25) is 9.35 Å². The van der Waals surface area contributed by atoms with E-state index >= 15 is 0 Å². The Labute approximate surface area is 137 Å². The maximum absolute atomic E-state index is 12.0. The van der Waals surface area contributed by atoms with E-state index in [4.69, 9.17) is 14.3 Å². The standard InChI is InChI=1S/C14H12N4O5S/c1-9-5-13(18-23-9)16-8-10(7-15)14(19)17-11-3-2-4-12(6-11)24(20,21)22/h2-6,8H,1H3,(H,16,18)(H,17,19)(H,20,21,22)/b10-8-. The van der Waals surface area contributed by atoms with Gasteiger partial charge in [-0.1, -0.05) is 11.2 Å². The third-order valence-electron chi connectivity index (χ3n) is 2.75. The number of amides is 1. The molecule has 0 spiro atoms. The highest BCUT2D eigenvalue weighted by atomic mass is 32.2. The van der Waals surface area contributed by atoms with E-state index in [2.05, 4.69) is 15.8 Å². The highest BCUT2D eigenvalue weighted by molar-refractivity contribution is 7.85. The largest absolute Gasteiger partial charge is 0.360 e. The van der Waals surface area contributed by atoms with E-state index in [0.29, 0.717) is 11.6 Å². The second-order valence-electron chi connectivity index (χ2n) is 4.59. The molecule has 0 atom stereocenters. The highest BCUT2D eigenvalue weighted by Crippen LogP contribution is 2.16. The molecular weight excluding hydrogens is 336 g/mol. The van der Waals surface area contributed by atoms with E-state index in [-0.39, 0.29) is 16.2 Å². The zero-order valence-corrected chi connectivity index (χ0v) is 13.2. The molecule has 0 fully saturated rings. The number of nitrogens with zero attached hydrogens (tertiary/aromatic N) is 2. The van der Waals surface area contributed by atoms with Crippen molar-refractivity contribution in [1.29, 1.82) is 5.26 Å². The van der Waals surface area contributed by atoms with Crippen LogP contribution in [0.2, 0.25) is 0 Å². The van der Waals surface area contributed by atoms with Gasteiger partial charge in [0.15, 0.2) is 5.82 Å². The van der Waals surface area contributed by atoms with E-state index in [1.165, 1.54) is 18.2 Å². The first kappa shape index (κ1) is 17.2. The monoisotopic (exact) mass is 348 g/mol. The Kier molecular flexibility index (Phi) is 4.98. The molecule has 2 aromatic rings. The van der Waals surface area contributed by atoms with Crippen LogP contribution in [0.25, 0.3) is 0 Å². The van der Waals surface area contributed by atoms with E-state index in [9.17, 15) is 13.2 Å². The summed E-state index contributed by atoms with van der Waals surface area (Å²) in [6.07, 6.45) is 1.14. The first-order valence-electron chi connectivity index (χ1n) is 6.48. The summed E-state index contributed by atoms with van der Waals surface area (Å²) >= 11 is 0. The van der Waals surface area contributed by atoms with Gasteiger partial charge in [0.1, 0.15) is 17.4 Å². The fourth-order valence-electron chi connectivity index (χ4n) is 1.66. The fraction of sp³-hybridized carbons (Fsp3) is 0.0714. The van der Waals surface area contributed by atoms with Crippen molar-refractivity contribution < 1.29 is 22.3 Å². The minimum absolute atomic E-state index is 0.105. The van der Waals surface area contributed by atoms with Crippen LogP contribution in [-0.4, -0.2) is 24.0 Å². The topological polar surface area (TPSA) is 145 Å². The van der Waals surface area contributed by atoms with Crippen LogP contribution in [0.15, 0.2) is 51.5 Å². The van der Waals surface area contributed by atoms with Crippen LogP contribution in [0.3, 0.4) is 0 Å². The molecule has 3 N–H and O–H groups in total. The average molecular weight is 348 g/mol. The predicted molar refractivity (Wildman–Crippen MR) is 83.4 cm³/mol. The van der Waals surface area contributed by atoms with Gasteiger partial charge >= 0.3 is 0 Å². The van der Waals surface area contributed by atoms with Crippen LogP contribution in [0.1, 0.15) is 5.76 Å². The predicted octanol–water partition coefficient (Wildman–Crippen LogP) is 1.69. The van der Waals surface area contributed by atoms with Crippen LogP contribution >= 0.6 is 0 Å². The Bertz CT molecular complexity index is 940. The number of nitriles is 1. The highest BCUT2D eigenvalue weighted by Gasteiger charge is 2.13. The van der Waals surface area contributed by atoms with Crippen molar-refractivity contribution in [3.63, 3.8) is 0 Å². The first-order valence-corrected chi connectivity index (χ1v) is 7.92. The van der Waals surface area contributed by atoms with Crippen molar-refractivity contribution in [3.05, 3.63) is 47.9 Å². The van der Waals surface area contributed by atoms with Gasteiger partial charge in [-0.15, -0.1) is 0 Å². The molecule has 0 radical (unpaired) electrons. The molecule has 1 amide bonds. The molecule has 0 bridgehead atoms. The molecule has 24 heavy (non-hydrogen) atoms. The molecule has 124 valence electrons. The number of nitrogens with one attached hydrogen (secondary N) is 2. The van der Waals surface area contributed by atoms with Crippen molar-refractivity contribution in [2.45, 2.75) is 11.8 Å². The summed E-state index contributed by atoms with van der Waals surface area (Å²) in [6, 6.07) is 8.26. The van der Waals surface area contributed by atoms with Gasteiger partial charge in [0.25, 0.3) is 16.0 Å². The van der Waals surface area contributed by atoms with Gasteiger partial charge in [0.2, 0.25) is 0 Å². The molecule has 0 saturated heterocycles. The number of hydrogen-bond acceptors (Lipinski definition) is 7. The molecule has 10 heteroatoms. The zero-order valence-electron chi connectivity index (χ0n) is 12.3. The fourth-order valence-corrected chi connectivity index (χ4v) is 2.19. The lowest BCUT2D eigenvalue weighted by Gasteiger charge is -2.05. The van der Waals surface area contributed by atoms with Crippen LogP contribution in [0.4, 0.5) is 11.5 Å². The van der Waals surface area contributed by atoms with Crippen molar-refractivity contribution in [3.8, 4) is 6.07 Å². The number of hydrogen-bond donors (Lipinski definition) is 3. The number of rotatable bonds is 5. The van der Waals surface area contributed by atoms with Crippen LogP contribution < -0.4 is 10.6 Å². The quantitative estimate of drug-likeness (QED) is 0.420. The van der Waals surface area contributed by atoms with Crippen LogP contribution in [0, 0.1) is 18.3 Å². The molecule has 1 heterocycles. The number of carbonyl (C=O) groups excluding carboxylic acids is 1. The lowest BCUT2D eigenvalue weighted by molar-refractivity contribution is -0.112. The molecule has 0 aliphatic heterocycles. The van der Waals surface area contributed by atoms with Gasteiger partial charge in [-0.05, 0) is 25.1 Å². The van der Waals surface area contributed by atoms with E-state index < -0.39 is 16.0 Å². The Morgan fingerprint density at radius 1 is 1.42 bits per heavy atom. The molecule has 1 aromatic heterocycles. The number of benzene rings is 1. The maximum Gasteiger partial charge on any atom is 0.294 e. The Hall–Kier alpha value is -3.16. The first-order chi connectivity index (χ1) is 11.3. The Morgan fingerprint density at radius 3 is 2.75 bits per heavy atom. The minimum atomic E-state index is -4.39. The summed E-state index contributed by atoms with van der Waals surface area (Å²) in [4.78, 5) is 11.7. The van der Waals surface area contributed by atoms with E-state index in [1.807, 2.05) is 0 Å². The molecule has 0 saturated carbocycles. The normalized spacial score (nSPS) is 11.6. The minimum Gasteiger partial charge on any atom is -0.360 e. The summed E-state index contributed by atoms with van der Waals surface area (Å²) < 4.78 is 36.0. The lowest BCUT2D eigenvalue weighted by atomic mass is 10.2. The third kappa shape index (κ3) is 4.42. The zero-order chi connectivity index (χ0) is 17.7. The molecule has 0 aliphatic carbocycles. The van der Waals surface area contributed by atoms with Crippen molar-refractivity contribution in [2.24, 2.45) is 0 Å². The van der Waals surface area contributed by atoms with Gasteiger partial charge in [0, 0.05) is 18.0 Å². The summed E-state index contributed by atoms with van der Waals surface area (Å²) in [7, 11) is -4.39. The average Bonchev–Trinajstić information content (AvgIpc) is 2.93. The number of aryl methyl sites for hydroxylation is 1. The molecular formula is C14H12N4O5S. The van der Waals surface area contributed by atoms with Gasteiger partial charge in [-0.2, -0.15) is 13.7 Å². The second-order valence-corrected chi connectivity index (χ2v) is 6.02. The molecule has 0 aliphatic rings. The molecule has 0 unspecified atom stereocenters. The number of anilines is 2. The maximum atomic E-state index is 12.0. The van der Waals surface area contributed by atoms with Crippen LogP contribution in [-0.2, 0) is 14.9 Å². The Balaban J connectivity index is 2.14. The van der Waals surface area contributed by atoms with Gasteiger partial charge in [-0.25, -0.2) is 0 Å². The number of carbonyl (C=O) groups is 1. The van der Waals surface area contributed by atoms with Gasteiger partial charge in [0.05, 0.1) is 4.90 Å². The van der Waals surface area contributed by atoms with Crippen molar-refractivity contribution >= 4 is 27.5 Å². The number of aromatic nitrogens is 1. The molecule has 2 rings (SSSR count). The summed E-state index contributed by atoms with van der Waals surface area (Å²) in [5.74, 6) is 0.106. The SMILES string of the molecule is Cc1cc(N/C=C(/C#N)C(=O)Nc2cccc(S(=O)(=O)O)c2)no1. The second kappa shape index (κ2) is 6.95. The van der Waals surface area contributed by atoms with Crippen molar-refractivity contribution in [2.75, 3.05) is 10.6 Å². The van der Waals surface area contributed by atoms with Crippen LogP contribution in [0.5, 0.6) is 0 Å². The molecule has 1 aromatic carbocycles. The molecule has 9 nitrogen and oxygen atoms in total.